The van der Waals surface area contributed by atoms with Gasteiger partial charge in [0.2, 0.25) is 0 Å². The molecule has 0 saturated carbocycles. The van der Waals surface area contributed by atoms with E-state index in [0.717, 1.165) is 31.5 Å². The summed E-state index contributed by atoms with van der Waals surface area (Å²) >= 11 is 0. The van der Waals surface area contributed by atoms with Crippen LogP contribution in [0.25, 0.3) is 10.9 Å². The number of fused-ring (bicyclic) bond motifs is 1. The van der Waals surface area contributed by atoms with Gasteiger partial charge >= 0.3 is 6.18 Å². The first-order valence-corrected chi connectivity index (χ1v) is 11.5. The van der Waals surface area contributed by atoms with E-state index in [9.17, 15) is 18.0 Å². The number of alkyl halides is 3. The summed E-state index contributed by atoms with van der Waals surface area (Å²) in [6, 6.07) is 23.3. The molecule has 174 valence electrons. The number of rotatable bonds is 4. The third-order valence-corrected chi connectivity index (χ3v) is 6.70. The van der Waals surface area contributed by atoms with Crippen LogP contribution in [0, 0.1) is 0 Å². The number of likely N-dealkylation sites (tertiary alicyclic amines) is 1. The van der Waals surface area contributed by atoms with E-state index in [1.54, 1.807) is 4.90 Å². The molecule has 0 spiro atoms. The molecule has 0 unspecified atom stereocenters. The highest BCUT2D eigenvalue weighted by Crippen LogP contribution is 2.35. The number of carbonyl (C=O) groups is 1. The third-order valence-electron chi connectivity index (χ3n) is 6.70. The van der Waals surface area contributed by atoms with Crippen molar-refractivity contribution in [1.82, 2.24) is 9.47 Å². The van der Waals surface area contributed by atoms with Crippen LogP contribution >= 0.6 is 0 Å². The number of nitrogens with zero attached hydrogens (tertiary/aromatic N) is 2. The summed E-state index contributed by atoms with van der Waals surface area (Å²) in [6.45, 7) is 1.97. The van der Waals surface area contributed by atoms with E-state index in [0.29, 0.717) is 24.6 Å². The fourth-order valence-electron chi connectivity index (χ4n) is 4.89. The van der Waals surface area contributed by atoms with Crippen molar-refractivity contribution < 1.29 is 18.0 Å². The molecule has 34 heavy (non-hydrogen) atoms. The highest BCUT2D eigenvalue weighted by molar-refractivity contribution is 5.94. The zero-order chi connectivity index (χ0) is 23.7. The number of aromatic nitrogens is 1. The van der Waals surface area contributed by atoms with E-state index in [2.05, 4.69) is 47.2 Å². The minimum absolute atomic E-state index is 0.210. The first-order chi connectivity index (χ1) is 16.4. The standard InChI is InChI=1S/C28H25F3N2O/c29-28(30,31)23-12-10-22(11-13-23)27(34)32-16-14-21(15-17-32)25-19-33(18-20-6-2-1-3-7-20)26-9-5-4-8-24(25)26/h1-13,19,21H,14-18H2. The smallest absolute Gasteiger partial charge is 0.343 e. The number of hydrogen-bond donors (Lipinski definition) is 0. The number of benzene rings is 3. The van der Waals surface area contributed by atoms with Crippen LogP contribution in [0.1, 0.15) is 45.8 Å². The number of para-hydroxylation sites is 1. The molecule has 0 radical (unpaired) electrons. The van der Waals surface area contributed by atoms with Crippen LogP contribution in [0.15, 0.2) is 85.1 Å². The number of halogens is 3. The number of hydrogen-bond acceptors (Lipinski definition) is 1. The first-order valence-electron chi connectivity index (χ1n) is 11.5. The molecular formula is C28H25F3N2O. The Morgan fingerprint density at radius 1 is 0.853 bits per heavy atom. The molecule has 2 heterocycles. The average molecular weight is 463 g/mol. The minimum atomic E-state index is -4.40. The van der Waals surface area contributed by atoms with Crippen LogP contribution in [0.3, 0.4) is 0 Å². The topological polar surface area (TPSA) is 25.2 Å². The molecule has 5 rings (SSSR count). The Morgan fingerprint density at radius 2 is 1.50 bits per heavy atom. The van der Waals surface area contributed by atoms with Gasteiger partial charge in [-0.05, 0) is 60.2 Å². The maximum absolute atomic E-state index is 12.9. The fraction of sp³-hybridized carbons (Fsp3) is 0.250. The van der Waals surface area contributed by atoms with Gasteiger partial charge < -0.3 is 9.47 Å². The highest BCUT2D eigenvalue weighted by atomic mass is 19.4. The largest absolute Gasteiger partial charge is 0.416 e. The van der Waals surface area contributed by atoms with Crippen LogP contribution in [-0.2, 0) is 12.7 Å². The lowest BCUT2D eigenvalue weighted by molar-refractivity contribution is -0.137. The van der Waals surface area contributed by atoms with Crippen LogP contribution in [0.5, 0.6) is 0 Å². The summed E-state index contributed by atoms with van der Waals surface area (Å²) in [5.41, 5.74) is 3.30. The van der Waals surface area contributed by atoms with E-state index in [1.807, 2.05) is 18.2 Å². The van der Waals surface area contributed by atoms with Gasteiger partial charge in [-0.3, -0.25) is 4.79 Å². The van der Waals surface area contributed by atoms with E-state index in [1.165, 1.54) is 34.2 Å². The van der Waals surface area contributed by atoms with E-state index in [-0.39, 0.29) is 5.91 Å². The number of piperidine rings is 1. The van der Waals surface area contributed by atoms with Crippen molar-refractivity contribution >= 4 is 16.8 Å². The van der Waals surface area contributed by atoms with E-state index in [4.69, 9.17) is 0 Å². The maximum atomic E-state index is 12.9. The average Bonchev–Trinajstić information content (AvgIpc) is 3.22. The predicted octanol–water partition coefficient (Wildman–Crippen LogP) is 6.73. The first kappa shape index (κ1) is 22.3. The Labute approximate surface area is 196 Å². The van der Waals surface area contributed by atoms with Gasteiger partial charge in [0.15, 0.2) is 0 Å². The second kappa shape index (κ2) is 9.01. The Hall–Kier alpha value is -3.54. The molecule has 0 aliphatic carbocycles. The Bertz CT molecular complexity index is 1280. The Balaban J connectivity index is 1.31. The van der Waals surface area contributed by atoms with Gasteiger partial charge in [0.25, 0.3) is 5.91 Å². The number of carbonyl (C=O) groups excluding carboxylic acids is 1. The van der Waals surface area contributed by atoms with Crippen molar-refractivity contribution in [3.8, 4) is 0 Å². The van der Waals surface area contributed by atoms with Crippen molar-refractivity contribution in [3.63, 3.8) is 0 Å². The van der Waals surface area contributed by atoms with Gasteiger partial charge in [0.1, 0.15) is 0 Å². The molecule has 4 aromatic rings. The van der Waals surface area contributed by atoms with Crippen molar-refractivity contribution in [3.05, 3.63) is 107 Å². The molecule has 1 aliphatic heterocycles. The molecule has 3 aromatic carbocycles. The summed E-state index contributed by atoms with van der Waals surface area (Å²) in [6.07, 6.45) is -0.507. The minimum Gasteiger partial charge on any atom is -0.343 e. The fourth-order valence-corrected chi connectivity index (χ4v) is 4.89. The summed E-state index contributed by atoms with van der Waals surface area (Å²) < 4.78 is 40.7. The SMILES string of the molecule is O=C(c1ccc(C(F)(F)F)cc1)N1CCC(c2cn(Cc3ccccc3)c3ccccc23)CC1. The van der Waals surface area contributed by atoms with Gasteiger partial charge in [0.05, 0.1) is 5.56 Å². The van der Waals surface area contributed by atoms with Gasteiger partial charge in [-0.25, -0.2) is 0 Å². The highest BCUT2D eigenvalue weighted by Gasteiger charge is 2.31. The van der Waals surface area contributed by atoms with Crippen molar-refractivity contribution in [1.29, 1.82) is 0 Å². The van der Waals surface area contributed by atoms with E-state index < -0.39 is 11.7 Å². The molecule has 0 N–H and O–H groups in total. The van der Waals surface area contributed by atoms with Crippen molar-refractivity contribution in [2.24, 2.45) is 0 Å². The predicted molar refractivity (Wildman–Crippen MR) is 127 cm³/mol. The molecule has 1 saturated heterocycles. The number of amides is 1. The van der Waals surface area contributed by atoms with Crippen LogP contribution in [0.4, 0.5) is 13.2 Å². The normalized spacial score (nSPS) is 15.1. The van der Waals surface area contributed by atoms with Crippen LogP contribution < -0.4 is 0 Å². The second-order valence-electron chi connectivity index (χ2n) is 8.86. The van der Waals surface area contributed by atoms with Crippen LogP contribution in [-0.4, -0.2) is 28.5 Å². The molecule has 0 bridgehead atoms. The summed E-state index contributed by atoms with van der Waals surface area (Å²) in [7, 11) is 0. The lowest BCUT2D eigenvalue weighted by Gasteiger charge is -2.32. The molecular weight excluding hydrogens is 437 g/mol. The van der Waals surface area contributed by atoms with Crippen molar-refractivity contribution in [2.75, 3.05) is 13.1 Å². The van der Waals surface area contributed by atoms with Gasteiger partial charge in [-0.2, -0.15) is 13.2 Å². The van der Waals surface area contributed by atoms with Crippen molar-refractivity contribution in [2.45, 2.75) is 31.5 Å². The zero-order valence-electron chi connectivity index (χ0n) is 18.6. The molecule has 6 heteroatoms. The molecule has 1 fully saturated rings. The second-order valence-corrected chi connectivity index (χ2v) is 8.86. The third kappa shape index (κ3) is 4.45. The summed E-state index contributed by atoms with van der Waals surface area (Å²) in [5.74, 6) is 0.122. The molecule has 0 atom stereocenters. The molecule has 3 nitrogen and oxygen atoms in total. The summed E-state index contributed by atoms with van der Waals surface area (Å²) in [4.78, 5) is 14.6. The molecule has 1 aliphatic rings. The molecule has 1 aromatic heterocycles. The van der Waals surface area contributed by atoms with Gasteiger partial charge in [0, 0.05) is 42.3 Å². The summed E-state index contributed by atoms with van der Waals surface area (Å²) in [5, 5.41) is 1.24. The molecule has 1 amide bonds. The monoisotopic (exact) mass is 462 g/mol. The Kier molecular flexibility index (Phi) is 5.90. The quantitative estimate of drug-likeness (QED) is 0.330. The van der Waals surface area contributed by atoms with Gasteiger partial charge in [-0.1, -0.05) is 48.5 Å². The van der Waals surface area contributed by atoms with E-state index >= 15 is 0 Å². The lowest BCUT2D eigenvalue weighted by atomic mass is 9.89. The van der Waals surface area contributed by atoms with Crippen LogP contribution in [0.2, 0.25) is 0 Å². The maximum Gasteiger partial charge on any atom is 0.416 e. The van der Waals surface area contributed by atoms with Gasteiger partial charge in [-0.15, -0.1) is 0 Å². The Morgan fingerprint density at radius 3 is 2.18 bits per heavy atom. The zero-order valence-corrected chi connectivity index (χ0v) is 18.6. The lowest BCUT2D eigenvalue weighted by Crippen LogP contribution is -2.37.